The summed E-state index contributed by atoms with van der Waals surface area (Å²) in [6.45, 7) is 10.1. The Kier molecular flexibility index (Phi) is 13.4. The third-order valence-corrected chi connectivity index (χ3v) is 16.9. The molecule has 5 heteroatoms. The first-order chi connectivity index (χ1) is 11.4. The average Bonchev–Trinajstić information content (AvgIpc) is 2.53. The van der Waals surface area contributed by atoms with E-state index in [9.17, 15) is 9.59 Å². The summed E-state index contributed by atoms with van der Waals surface area (Å²) in [6.07, 6.45) is 8.51. The van der Waals surface area contributed by atoms with Crippen molar-refractivity contribution < 1.29 is 12.7 Å². The molecule has 0 amide bonds. The number of hydrogen-bond donors (Lipinski definition) is 1. The van der Waals surface area contributed by atoms with E-state index in [1.165, 1.54) is 32.3 Å². The number of ketones is 1. The molecule has 0 aliphatic rings. The molecule has 0 aliphatic heterocycles. The summed E-state index contributed by atoms with van der Waals surface area (Å²) >= 11 is -2.86. The topological polar surface area (TPSA) is 55.4 Å². The Labute approximate surface area is 153 Å². The van der Waals surface area contributed by atoms with Crippen LogP contribution in [0.2, 0.25) is 13.3 Å². The van der Waals surface area contributed by atoms with Crippen LogP contribution in [0.1, 0.15) is 73.1 Å². The minimum atomic E-state index is -2.86. The van der Waals surface area contributed by atoms with Gasteiger partial charge in [-0.1, -0.05) is 0 Å². The van der Waals surface area contributed by atoms with Gasteiger partial charge in [0.1, 0.15) is 0 Å². The molecule has 0 unspecified atom stereocenters. The number of unbranched alkanes of at least 4 members (excludes halogenated alkanes) is 3. The average molecular weight is 446 g/mol. The normalized spacial score (nSPS) is 12.1. The molecule has 0 aromatic rings. The van der Waals surface area contributed by atoms with Crippen LogP contribution < -0.4 is 5.32 Å². The number of hydrogen-bond acceptors (Lipinski definition) is 4. The third kappa shape index (κ3) is 11.1. The van der Waals surface area contributed by atoms with Crippen LogP contribution in [0, 0.1) is 0 Å². The molecule has 0 saturated carbocycles. The first-order valence-corrected chi connectivity index (χ1v) is 16.8. The molecule has 0 heterocycles. The van der Waals surface area contributed by atoms with Gasteiger partial charge in [0, 0.05) is 0 Å². The molecule has 0 aromatic heterocycles. The first kappa shape index (κ1) is 23.5. The second-order valence-electron chi connectivity index (χ2n) is 6.76. The molecule has 0 fully saturated rings. The van der Waals surface area contributed by atoms with Crippen molar-refractivity contribution in [2.75, 3.05) is 6.54 Å². The molecule has 0 aromatic carbocycles. The molecule has 1 N–H and O–H groups in total. The Balaban J connectivity index is 4.84. The van der Waals surface area contributed by atoms with Crippen LogP contribution in [0.5, 0.6) is 0 Å². The third-order valence-electron chi connectivity index (χ3n) is 4.22. The van der Waals surface area contributed by atoms with Gasteiger partial charge in [0.25, 0.3) is 0 Å². The Bertz CT molecular complexity index is 386. The van der Waals surface area contributed by atoms with Crippen molar-refractivity contribution in [1.29, 1.82) is 0 Å². The fraction of sp³-hybridized carbons (Fsp3) is 0.789. The van der Waals surface area contributed by atoms with Gasteiger partial charge in [-0.2, -0.15) is 0 Å². The van der Waals surface area contributed by atoms with Gasteiger partial charge in [-0.25, -0.2) is 0 Å². The summed E-state index contributed by atoms with van der Waals surface area (Å²) in [6, 6.07) is 0. The fourth-order valence-corrected chi connectivity index (χ4v) is 16.0. The Morgan fingerprint density at radius 3 is 1.75 bits per heavy atom. The van der Waals surface area contributed by atoms with Crippen LogP contribution in [0.3, 0.4) is 0 Å². The van der Waals surface area contributed by atoms with Crippen LogP contribution in [0.4, 0.5) is 0 Å². The molecule has 0 rings (SSSR count). The van der Waals surface area contributed by atoms with Crippen molar-refractivity contribution in [2.45, 2.75) is 86.5 Å². The molecule has 4 nitrogen and oxygen atoms in total. The van der Waals surface area contributed by atoms with Crippen molar-refractivity contribution >= 4 is 30.5 Å². The predicted octanol–water partition coefficient (Wildman–Crippen LogP) is 4.96. The monoisotopic (exact) mass is 447 g/mol. The first-order valence-electron chi connectivity index (χ1n) is 9.53. The summed E-state index contributed by atoms with van der Waals surface area (Å²) in [5.74, 6) is -0.152. The van der Waals surface area contributed by atoms with Gasteiger partial charge >= 0.3 is 153 Å². The van der Waals surface area contributed by atoms with Crippen LogP contribution in [-0.4, -0.2) is 37.1 Å². The summed E-state index contributed by atoms with van der Waals surface area (Å²) < 4.78 is 9.65. The number of carbonyl (C=O) groups excluding carboxylic acids is 2. The Morgan fingerprint density at radius 1 is 0.917 bits per heavy atom. The van der Waals surface area contributed by atoms with E-state index in [1.807, 2.05) is 0 Å². The maximum absolute atomic E-state index is 12.4. The zero-order valence-corrected chi connectivity index (χ0v) is 19.2. The van der Waals surface area contributed by atoms with E-state index in [4.69, 9.17) is 3.07 Å². The summed E-state index contributed by atoms with van der Waals surface area (Å²) in [7, 11) is 0. The van der Waals surface area contributed by atoms with E-state index in [1.54, 1.807) is 6.92 Å². The molecule has 0 radical (unpaired) electrons. The fourth-order valence-electron chi connectivity index (χ4n) is 2.87. The number of allylic oxidation sites excluding steroid dienone is 2. The van der Waals surface area contributed by atoms with Gasteiger partial charge in [-0.05, 0) is 0 Å². The zero-order valence-electron chi connectivity index (χ0n) is 16.4. The summed E-state index contributed by atoms with van der Waals surface area (Å²) in [4.78, 5) is 23.5. The number of nitrogens with one attached hydrogen (secondary N) is 1. The van der Waals surface area contributed by atoms with Gasteiger partial charge in [-0.3, -0.25) is 0 Å². The van der Waals surface area contributed by atoms with Crippen molar-refractivity contribution in [2.24, 2.45) is 0 Å². The SMILES string of the molecule is CCC[CH2][Sn]([CH2]CCC)([CH2]CCC)[O]C(=O)CNC(C)=CC(C)=O. The van der Waals surface area contributed by atoms with Gasteiger partial charge in [-0.15, -0.1) is 0 Å². The van der Waals surface area contributed by atoms with Crippen LogP contribution in [0.15, 0.2) is 11.8 Å². The molecule has 0 bridgehead atoms. The molecule has 0 aliphatic carbocycles. The molecule has 140 valence electrons. The van der Waals surface area contributed by atoms with Gasteiger partial charge in [0.05, 0.1) is 0 Å². The molecule has 0 saturated heterocycles. The van der Waals surface area contributed by atoms with Crippen molar-refractivity contribution in [3.8, 4) is 0 Å². The quantitative estimate of drug-likeness (QED) is 0.303. The second-order valence-corrected chi connectivity index (χ2v) is 18.4. The Morgan fingerprint density at radius 2 is 1.38 bits per heavy atom. The predicted molar refractivity (Wildman–Crippen MR) is 103 cm³/mol. The van der Waals surface area contributed by atoms with Gasteiger partial charge in [0.2, 0.25) is 0 Å². The number of rotatable bonds is 14. The van der Waals surface area contributed by atoms with E-state index < -0.39 is 18.8 Å². The van der Waals surface area contributed by atoms with E-state index in [-0.39, 0.29) is 18.3 Å². The van der Waals surface area contributed by atoms with Gasteiger partial charge < -0.3 is 0 Å². The van der Waals surface area contributed by atoms with Crippen LogP contribution in [-0.2, 0) is 12.7 Å². The van der Waals surface area contributed by atoms with Gasteiger partial charge in [0.15, 0.2) is 0 Å². The van der Waals surface area contributed by atoms with E-state index >= 15 is 0 Å². The molecular formula is C19H37NO3Sn. The number of carbonyl (C=O) groups is 2. The van der Waals surface area contributed by atoms with E-state index in [2.05, 4.69) is 26.1 Å². The zero-order chi connectivity index (χ0) is 18.4. The second kappa shape index (κ2) is 13.7. The van der Waals surface area contributed by atoms with E-state index in [0.29, 0.717) is 0 Å². The molecular weight excluding hydrogens is 409 g/mol. The van der Waals surface area contributed by atoms with Crippen molar-refractivity contribution in [1.82, 2.24) is 5.32 Å². The molecule has 24 heavy (non-hydrogen) atoms. The van der Waals surface area contributed by atoms with Crippen LogP contribution in [0.25, 0.3) is 0 Å². The molecule has 0 spiro atoms. The summed E-state index contributed by atoms with van der Waals surface area (Å²) in [5.41, 5.74) is 0.718. The maximum atomic E-state index is 12.4. The van der Waals surface area contributed by atoms with Crippen molar-refractivity contribution in [3.05, 3.63) is 11.8 Å². The van der Waals surface area contributed by atoms with Crippen LogP contribution >= 0.6 is 0 Å². The minimum absolute atomic E-state index is 0.0178. The van der Waals surface area contributed by atoms with E-state index in [0.717, 1.165) is 38.3 Å². The van der Waals surface area contributed by atoms with Crippen molar-refractivity contribution in [3.63, 3.8) is 0 Å². The molecule has 0 atom stereocenters. The Hall–Kier alpha value is -0.521. The summed E-state index contributed by atoms with van der Waals surface area (Å²) in [5, 5.41) is 3.00. The standard InChI is InChI=1S/C7H11NO3.3C4H9.Sn/c1-5(3-6(2)9)8-4-7(10)11;3*1-3-4-2;/h3,8H,4H2,1-2H3,(H,10,11);3*1,3-4H2,2H3;/q;;;;+1/p-1.